The molecule has 3 heterocycles. The van der Waals surface area contributed by atoms with Crippen molar-refractivity contribution in [2.45, 2.75) is 19.5 Å². The summed E-state index contributed by atoms with van der Waals surface area (Å²) in [6.07, 6.45) is 3.93. The summed E-state index contributed by atoms with van der Waals surface area (Å²) in [5, 5.41) is 13.2. The monoisotopic (exact) mass is 366 g/mol. The predicted molar refractivity (Wildman–Crippen MR) is 96.1 cm³/mol. The average Bonchev–Trinajstić information content (AvgIpc) is 3.38. The first-order valence-electron chi connectivity index (χ1n) is 8.33. The zero-order valence-electron chi connectivity index (χ0n) is 14.3. The number of carboxylic acids is 1. The van der Waals surface area contributed by atoms with E-state index in [9.17, 15) is 14.0 Å². The van der Waals surface area contributed by atoms with Crippen molar-refractivity contribution in [3.63, 3.8) is 0 Å². The van der Waals surface area contributed by atoms with Crippen LogP contribution < -0.4 is 5.32 Å². The van der Waals surface area contributed by atoms with Crippen molar-refractivity contribution in [1.82, 2.24) is 15.0 Å². The SMILES string of the molecule is Cc1cc(C(=O)O)ncc1-c1cc2cnc(NC(=O)[C@@H]3C[C@@H]3F)cc2cn1. The molecular weight excluding hydrogens is 351 g/mol. The molecule has 2 atom stereocenters. The largest absolute Gasteiger partial charge is 0.477 e. The molecule has 8 heteroatoms. The Hall–Kier alpha value is -3.42. The molecule has 1 amide bonds. The van der Waals surface area contributed by atoms with Crippen molar-refractivity contribution in [2.24, 2.45) is 5.92 Å². The van der Waals surface area contributed by atoms with E-state index in [0.717, 1.165) is 21.9 Å². The van der Waals surface area contributed by atoms with E-state index in [2.05, 4.69) is 20.3 Å². The molecule has 0 radical (unpaired) electrons. The van der Waals surface area contributed by atoms with Crippen molar-refractivity contribution in [1.29, 1.82) is 0 Å². The molecule has 0 spiro atoms. The minimum Gasteiger partial charge on any atom is -0.477 e. The second-order valence-corrected chi connectivity index (χ2v) is 6.52. The van der Waals surface area contributed by atoms with Crippen LogP contribution >= 0.6 is 0 Å². The number of hydrogen-bond donors (Lipinski definition) is 2. The number of alkyl halides is 1. The molecule has 1 aliphatic carbocycles. The molecule has 1 aliphatic rings. The minimum atomic E-state index is -1.08. The van der Waals surface area contributed by atoms with Crippen LogP contribution in [0.1, 0.15) is 22.5 Å². The Morgan fingerprint density at radius 1 is 1.11 bits per heavy atom. The van der Waals surface area contributed by atoms with Crippen molar-refractivity contribution in [3.8, 4) is 11.3 Å². The van der Waals surface area contributed by atoms with Crippen LogP contribution in [0.2, 0.25) is 0 Å². The highest BCUT2D eigenvalue weighted by atomic mass is 19.1. The molecular formula is C19H15FN4O3. The molecule has 1 fully saturated rings. The van der Waals surface area contributed by atoms with Gasteiger partial charge in [-0.1, -0.05) is 0 Å². The maximum Gasteiger partial charge on any atom is 0.354 e. The van der Waals surface area contributed by atoms with Crippen LogP contribution in [0, 0.1) is 12.8 Å². The third-order valence-corrected chi connectivity index (χ3v) is 4.51. The molecule has 4 rings (SSSR count). The molecule has 2 N–H and O–H groups in total. The van der Waals surface area contributed by atoms with Gasteiger partial charge in [0.2, 0.25) is 5.91 Å². The Kier molecular flexibility index (Phi) is 4.02. The van der Waals surface area contributed by atoms with Crippen molar-refractivity contribution in [2.75, 3.05) is 5.32 Å². The van der Waals surface area contributed by atoms with E-state index in [4.69, 9.17) is 5.11 Å². The summed E-state index contributed by atoms with van der Waals surface area (Å²) in [5.41, 5.74) is 2.09. The summed E-state index contributed by atoms with van der Waals surface area (Å²) in [7, 11) is 0. The number of hydrogen-bond acceptors (Lipinski definition) is 5. The molecule has 7 nitrogen and oxygen atoms in total. The smallest absolute Gasteiger partial charge is 0.354 e. The highest BCUT2D eigenvalue weighted by Crippen LogP contribution is 2.34. The number of aromatic nitrogens is 3. The molecule has 0 unspecified atom stereocenters. The zero-order valence-corrected chi connectivity index (χ0v) is 14.3. The van der Waals surface area contributed by atoms with Gasteiger partial charge in [0, 0.05) is 34.9 Å². The first-order valence-corrected chi connectivity index (χ1v) is 8.33. The Balaban J connectivity index is 1.62. The molecule has 3 aromatic rings. The van der Waals surface area contributed by atoms with E-state index in [1.165, 1.54) is 12.3 Å². The van der Waals surface area contributed by atoms with Crippen LogP contribution in [-0.4, -0.2) is 38.1 Å². The number of carboxylic acid groups (broad SMARTS) is 1. The van der Waals surface area contributed by atoms with Gasteiger partial charge in [-0.3, -0.25) is 9.78 Å². The number of nitrogens with one attached hydrogen (secondary N) is 1. The van der Waals surface area contributed by atoms with Gasteiger partial charge < -0.3 is 10.4 Å². The third kappa shape index (κ3) is 3.33. The Morgan fingerprint density at radius 3 is 2.48 bits per heavy atom. The summed E-state index contributed by atoms with van der Waals surface area (Å²) in [6.45, 7) is 1.79. The van der Waals surface area contributed by atoms with Crippen LogP contribution in [0.15, 0.2) is 36.8 Å². The number of rotatable bonds is 4. The lowest BCUT2D eigenvalue weighted by atomic mass is 10.1. The molecule has 136 valence electrons. The van der Waals surface area contributed by atoms with Gasteiger partial charge in [-0.2, -0.15) is 0 Å². The van der Waals surface area contributed by atoms with Crippen molar-refractivity contribution >= 4 is 28.5 Å². The number of amides is 1. The van der Waals surface area contributed by atoms with E-state index >= 15 is 0 Å². The normalized spacial score (nSPS) is 18.3. The van der Waals surface area contributed by atoms with Gasteiger partial charge in [0.15, 0.2) is 0 Å². The van der Waals surface area contributed by atoms with Gasteiger partial charge in [0.25, 0.3) is 0 Å². The molecule has 1 saturated carbocycles. The summed E-state index contributed by atoms with van der Waals surface area (Å²) in [4.78, 5) is 35.4. The fourth-order valence-corrected chi connectivity index (χ4v) is 2.85. The Labute approximate surface area is 153 Å². The summed E-state index contributed by atoms with van der Waals surface area (Å²) >= 11 is 0. The molecule has 0 saturated heterocycles. The second kappa shape index (κ2) is 6.39. The van der Waals surface area contributed by atoms with Crippen LogP contribution in [0.5, 0.6) is 0 Å². The van der Waals surface area contributed by atoms with Crippen LogP contribution in [-0.2, 0) is 4.79 Å². The van der Waals surface area contributed by atoms with Gasteiger partial charge in [-0.05, 0) is 37.1 Å². The van der Waals surface area contributed by atoms with E-state index in [1.54, 1.807) is 25.4 Å². The minimum absolute atomic E-state index is 0.0229. The van der Waals surface area contributed by atoms with E-state index in [1.807, 2.05) is 6.07 Å². The highest BCUT2D eigenvalue weighted by Gasteiger charge is 2.43. The molecule has 0 aromatic carbocycles. The number of nitrogens with zero attached hydrogens (tertiary/aromatic N) is 3. The Bertz CT molecular complexity index is 1090. The quantitative estimate of drug-likeness (QED) is 0.735. The molecule has 3 aromatic heterocycles. The van der Waals surface area contributed by atoms with Gasteiger partial charge in [0.05, 0.1) is 11.6 Å². The van der Waals surface area contributed by atoms with Gasteiger partial charge in [0.1, 0.15) is 17.7 Å². The average molecular weight is 366 g/mol. The van der Waals surface area contributed by atoms with Crippen LogP contribution in [0.4, 0.5) is 10.2 Å². The fourth-order valence-electron chi connectivity index (χ4n) is 2.85. The number of aryl methyl sites for hydroxylation is 1. The maximum atomic E-state index is 13.0. The van der Waals surface area contributed by atoms with Crippen molar-refractivity contribution in [3.05, 3.63) is 48.0 Å². The topological polar surface area (TPSA) is 105 Å². The van der Waals surface area contributed by atoms with E-state index in [-0.39, 0.29) is 18.0 Å². The number of aromatic carboxylic acids is 1. The fraction of sp³-hybridized carbons (Fsp3) is 0.211. The lowest BCUT2D eigenvalue weighted by Gasteiger charge is -2.08. The van der Waals surface area contributed by atoms with E-state index < -0.39 is 18.1 Å². The number of anilines is 1. The van der Waals surface area contributed by atoms with Crippen LogP contribution in [0.3, 0.4) is 0 Å². The standard InChI is InChI=1S/C19H15FN4O3/c1-9-2-16(19(26)27)22-8-13(9)15-3-10-7-23-17(4-11(10)6-21-15)24-18(25)12-5-14(12)20/h2-4,6-8,12,14H,5H2,1H3,(H,26,27)(H,23,24,25)/t12-,14+/m1/s1. The predicted octanol–water partition coefficient (Wildman–Crippen LogP) is 2.99. The maximum absolute atomic E-state index is 13.0. The van der Waals surface area contributed by atoms with Gasteiger partial charge in [-0.15, -0.1) is 0 Å². The lowest BCUT2D eigenvalue weighted by molar-refractivity contribution is -0.117. The zero-order chi connectivity index (χ0) is 19.1. The Morgan fingerprint density at radius 2 is 1.81 bits per heavy atom. The van der Waals surface area contributed by atoms with Gasteiger partial charge >= 0.3 is 5.97 Å². The summed E-state index contributed by atoms with van der Waals surface area (Å²) in [6, 6.07) is 4.99. The number of halogens is 1. The number of carbonyl (C=O) groups excluding carboxylic acids is 1. The first kappa shape index (κ1) is 17.0. The second-order valence-electron chi connectivity index (χ2n) is 6.52. The highest BCUT2D eigenvalue weighted by molar-refractivity contribution is 5.96. The molecule has 0 bridgehead atoms. The van der Waals surface area contributed by atoms with Gasteiger partial charge in [-0.25, -0.2) is 19.2 Å². The molecule has 0 aliphatic heterocycles. The number of fused-ring (bicyclic) bond motifs is 1. The summed E-state index contributed by atoms with van der Waals surface area (Å²) in [5.74, 6) is -1.67. The van der Waals surface area contributed by atoms with Crippen LogP contribution in [0.25, 0.3) is 22.0 Å². The summed E-state index contributed by atoms with van der Waals surface area (Å²) < 4.78 is 13.0. The molecule has 27 heavy (non-hydrogen) atoms. The third-order valence-electron chi connectivity index (χ3n) is 4.51. The van der Waals surface area contributed by atoms with E-state index in [0.29, 0.717) is 11.5 Å². The first-order chi connectivity index (χ1) is 12.9. The lowest BCUT2D eigenvalue weighted by Crippen LogP contribution is -2.15. The number of pyridine rings is 3. The van der Waals surface area contributed by atoms with Crippen molar-refractivity contribution < 1.29 is 19.1 Å². The number of carbonyl (C=O) groups is 2.